The molecule has 1 spiro atoms. The minimum Gasteiger partial charge on any atom is -0.297 e. The zero-order valence-electron chi connectivity index (χ0n) is 18.0. The van der Waals surface area contributed by atoms with Gasteiger partial charge in [-0.2, -0.15) is 0 Å². The molecule has 4 heteroatoms. The van der Waals surface area contributed by atoms with Crippen LogP contribution in [0.5, 0.6) is 0 Å². The van der Waals surface area contributed by atoms with Crippen molar-refractivity contribution in [1.82, 2.24) is 4.90 Å². The summed E-state index contributed by atoms with van der Waals surface area (Å²) in [6.45, 7) is 2.01. The van der Waals surface area contributed by atoms with E-state index in [-0.39, 0.29) is 17.9 Å². The molecular weight excluding hydrogens is 414 g/mol. The second-order valence-electron chi connectivity index (χ2n) is 9.97. The minimum atomic E-state index is -3.38. The molecule has 0 amide bonds. The molecule has 2 heterocycles. The van der Waals surface area contributed by atoms with Crippen molar-refractivity contribution in [2.45, 2.75) is 47.1 Å². The third-order valence-corrected chi connectivity index (χ3v) is 11.6. The van der Waals surface area contributed by atoms with Crippen LogP contribution in [0.25, 0.3) is 0 Å². The van der Waals surface area contributed by atoms with Crippen LogP contribution in [0.4, 0.5) is 0 Å². The van der Waals surface area contributed by atoms with Gasteiger partial charge in [-0.25, -0.2) is 8.42 Å². The van der Waals surface area contributed by atoms with Crippen LogP contribution in [-0.4, -0.2) is 37.2 Å². The predicted molar refractivity (Wildman–Crippen MR) is 127 cm³/mol. The second-order valence-corrected chi connectivity index (χ2v) is 12.3. The number of sulfone groups is 1. The molecule has 3 atom stereocenters. The van der Waals surface area contributed by atoms with E-state index in [2.05, 4.69) is 53.4 Å². The molecule has 2 saturated heterocycles. The van der Waals surface area contributed by atoms with E-state index in [1.54, 1.807) is 0 Å². The van der Waals surface area contributed by atoms with Gasteiger partial charge < -0.3 is 0 Å². The maximum atomic E-state index is 14.5. The van der Waals surface area contributed by atoms with Crippen LogP contribution in [0.1, 0.15) is 64.2 Å². The average Bonchev–Trinajstić information content (AvgIpc) is 3.37. The Morgan fingerprint density at radius 1 is 0.719 bits per heavy atom. The molecule has 8 rings (SSSR count). The van der Waals surface area contributed by atoms with Crippen LogP contribution in [0.15, 0.2) is 78.9 Å². The maximum Gasteiger partial charge on any atom is 0.167 e. The summed E-state index contributed by atoms with van der Waals surface area (Å²) in [6.07, 6.45) is 3.03. The van der Waals surface area contributed by atoms with Gasteiger partial charge >= 0.3 is 0 Å². The molecule has 0 unspecified atom stereocenters. The van der Waals surface area contributed by atoms with E-state index in [1.807, 2.05) is 30.3 Å². The first-order chi connectivity index (χ1) is 15.6. The molecule has 162 valence electrons. The van der Waals surface area contributed by atoms with Crippen molar-refractivity contribution in [2.24, 2.45) is 0 Å². The fraction of sp³-hybridized carbons (Fsp3) is 0.357. The monoisotopic (exact) mass is 441 g/mol. The summed E-state index contributed by atoms with van der Waals surface area (Å²) in [7, 11) is -3.38. The second kappa shape index (κ2) is 6.55. The molecule has 0 saturated carbocycles. The summed E-state index contributed by atoms with van der Waals surface area (Å²) in [5.74, 6) is 0.0689. The largest absolute Gasteiger partial charge is 0.297 e. The Balaban J connectivity index is 1.49. The van der Waals surface area contributed by atoms with Gasteiger partial charge in [0.1, 0.15) is 10.00 Å². The van der Waals surface area contributed by atoms with E-state index in [9.17, 15) is 8.42 Å². The molecule has 3 aromatic rings. The first kappa shape index (κ1) is 19.1. The molecule has 2 fully saturated rings. The zero-order chi connectivity index (χ0) is 21.5. The Bertz CT molecular complexity index is 1260. The lowest BCUT2D eigenvalue weighted by Gasteiger charge is -2.65. The average molecular weight is 442 g/mol. The van der Waals surface area contributed by atoms with Crippen LogP contribution in [-0.2, 0) is 9.84 Å². The summed E-state index contributed by atoms with van der Waals surface area (Å²) < 4.78 is 28.2. The number of hydrogen-bond acceptors (Lipinski definition) is 3. The number of likely N-dealkylation sites (tertiary alicyclic amines) is 1. The normalized spacial score (nSPS) is 34.1. The summed E-state index contributed by atoms with van der Waals surface area (Å²) in [4.78, 5) is 2.52. The fourth-order valence-electron chi connectivity index (χ4n) is 7.56. The minimum absolute atomic E-state index is 0.0339. The lowest BCUT2D eigenvalue weighted by molar-refractivity contribution is 0.118. The Morgan fingerprint density at radius 3 is 1.84 bits per heavy atom. The van der Waals surface area contributed by atoms with E-state index in [4.69, 9.17) is 0 Å². The fourth-order valence-corrected chi connectivity index (χ4v) is 10.7. The first-order valence-electron chi connectivity index (χ1n) is 11.8. The van der Waals surface area contributed by atoms with Crippen LogP contribution in [0.3, 0.4) is 0 Å². The molecule has 3 aromatic carbocycles. The van der Waals surface area contributed by atoms with Crippen LogP contribution in [0.2, 0.25) is 0 Å². The van der Waals surface area contributed by atoms with E-state index in [1.165, 1.54) is 22.3 Å². The highest BCUT2D eigenvalue weighted by Gasteiger charge is 2.75. The van der Waals surface area contributed by atoms with E-state index < -0.39 is 19.8 Å². The van der Waals surface area contributed by atoms with Crippen molar-refractivity contribution < 1.29 is 8.42 Å². The maximum absolute atomic E-state index is 14.5. The van der Waals surface area contributed by atoms with Crippen molar-refractivity contribution in [3.63, 3.8) is 0 Å². The number of rotatable bonds is 2. The zero-order valence-corrected chi connectivity index (χ0v) is 18.8. The molecule has 2 bridgehead atoms. The van der Waals surface area contributed by atoms with Gasteiger partial charge in [-0.05, 0) is 60.2 Å². The lowest BCUT2D eigenvalue weighted by atomic mass is 9.56. The molecule has 0 radical (unpaired) electrons. The predicted octanol–water partition coefficient (Wildman–Crippen LogP) is 5.04. The molecule has 3 aliphatic carbocycles. The lowest BCUT2D eigenvalue weighted by Crippen LogP contribution is -2.75. The van der Waals surface area contributed by atoms with Gasteiger partial charge in [0.2, 0.25) is 0 Å². The van der Waals surface area contributed by atoms with E-state index in [0.717, 1.165) is 31.5 Å². The molecule has 0 N–H and O–H groups in total. The Morgan fingerprint density at radius 2 is 1.25 bits per heavy atom. The summed E-state index contributed by atoms with van der Waals surface area (Å²) in [5, 5.41) is -0.430. The summed E-state index contributed by atoms with van der Waals surface area (Å²) >= 11 is 0. The third-order valence-electron chi connectivity index (χ3n) is 8.69. The summed E-state index contributed by atoms with van der Waals surface area (Å²) in [6, 6.07) is 27.2. The molecule has 2 aliphatic heterocycles. The molecule has 0 aromatic heterocycles. The van der Waals surface area contributed by atoms with Gasteiger partial charge in [-0.15, -0.1) is 0 Å². The van der Waals surface area contributed by atoms with Gasteiger partial charge in [-0.3, -0.25) is 4.90 Å². The van der Waals surface area contributed by atoms with E-state index >= 15 is 0 Å². The first-order valence-corrected chi connectivity index (χ1v) is 13.4. The van der Waals surface area contributed by atoms with Crippen molar-refractivity contribution in [3.05, 3.63) is 107 Å². The van der Waals surface area contributed by atoms with Crippen molar-refractivity contribution in [3.8, 4) is 0 Å². The highest BCUT2D eigenvalue weighted by molar-refractivity contribution is 7.94. The third kappa shape index (κ3) is 2.18. The number of benzene rings is 3. The van der Waals surface area contributed by atoms with Crippen LogP contribution in [0, 0.1) is 0 Å². The quantitative estimate of drug-likeness (QED) is 0.559. The molecule has 3 nitrogen and oxygen atoms in total. The molecule has 32 heavy (non-hydrogen) atoms. The van der Waals surface area contributed by atoms with Gasteiger partial charge in [-0.1, -0.05) is 78.9 Å². The van der Waals surface area contributed by atoms with Gasteiger partial charge in [0.25, 0.3) is 0 Å². The Hall–Kier alpha value is -2.43. The van der Waals surface area contributed by atoms with Gasteiger partial charge in [0, 0.05) is 11.8 Å². The van der Waals surface area contributed by atoms with E-state index in [0.29, 0.717) is 6.42 Å². The Kier molecular flexibility index (Phi) is 3.91. The van der Waals surface area contributed by atoms with Crippen LogP contribution < -0.4 is 0 Å². The molecular formula is C28H27NO2S. The number of hydrogen-bond donors (Lipinski definition) is 0. The number of nitrogens with zero attached hydrogens (tertiary/aromatic N) is 1. The highest BCUT2D eigenvalue weighted by atomic mass is 32.2. The SMILES string of the molecule is O=S1(=O)[C@H](c2ccccc2)[C@H](N2CCCC2)[C@@]12CC1c3ccccc3C2c2ccccc21. The van der Waals surface area contributed by atoms with Crippen molar-refractivity contribution in [2.75, 3.05) is 13.1 Å². The highest BCUT2D eigenvalue weighted by Crippen LogP contribution is 2.69. The topological polar surface area (TPSA) is 37.4 Å². The Labute approximate surface area is 190 Å². The van der Waals surface area contributed by atoms with Gasteiger partial charge in [0.15, 0.2) is 9.84 Å². The smallest absolute Gasteiger partial charge is 0.167 e. The van der Waals surface area contributed by atoms with Crippen molar-refractivity contribution >= 4 is 9.84 Å². The van der Waals surface area contributed by atoms with Crippen LogP contribution >= 0.6 is 0 Å². The summed E-state index contributed by atoms with van der Waals surface area (Å²) in [5.41, 5.74) is 6.10. The molecule has 5 aliphatic rings. The standard InChI is InChI=1S/C28H27NO2S/c30-32(31)26(19-10-2-1-3-11-19)27(29-16-8-9-17-29)28(32)18-24-20-12-4-6-14-22(20)25(28)23-15-7-5-13-21(23)24/h1-7,10-15,24-27H,8-9,16-18H2/t24?,25?,26-,27+,28+/m1/s1. The van der Waals surface area contributed by atoms with Gasteiger partial charge in [0.05, 0.1) is 6.04 Å². The van der Waals surface area contributed by atoms with Crippen molar-refractivity contribution in [1.29, 1.82) is 0 Å².